The smallest absolute Gasteiger partial charge is 0.337 e. The van der Waals surface area contributed by atoms with Gasteiger partial charge in [0.15, 0.2) is 0 Å². The summed E-state index contributed by atoms with van der Waals surface area (Å²) in [7, 11) is 1.35. The molecule has 0 radical (unpaired) electrons. The van der Waals surface area contributed by atoms with Crippen LogP contribution in [0.5, 0.6) is 0 Å². The van der Waals surface area contributed by atoms with Crippen LogP contribution in [0.15, 0.2) is 24.3 Å². The summed E-state index contributed by atoms with van der Waals surface area (Å²) in [4.78, 5) is 11.2. The van der Waals surface area contributed by atoms with Crippen molar-refractivity contribution in [3.8, 4) is 0 Å². The molecular weight excluding hydrogens is 220 g/mol. The average Bonchev–Trinajstić information content (AvgIpc) is 2.91. The van der Waals surface area contributed by atoms with Crippen LogP contribution in [0, 0.1) is 5.92 Å². The Morgan fingerprint density at radius 1 is 1.47 bits per heavy atom. The van der Waals surface area contributed by atoms with Crippen molar-refractivity contribution in [1.82, 2.24) is 0 Å². The van der Waals surface area contributed by atoms with Gasteiger partial charge in [0, 0.05) is 12.5 Å². The average molecular weight is 236 g/mol. The molecule has 1 aromatic carbocycles. The molecule has 1 aliphatic rings. The number of rotatable bonds is 3. The van der Waals surface area contributed by atoms with E-state index in [0.717, 1.165) is 12.0 Å². The lowest BCUT2D eigenvalue weighted by molar-refractivity contribution is 0.0600. The molecule has 1 heterocycles. The van der Waals surface area contributed by atoms with Gasteiger partial charge in [0.05, 0.1) is 25.4 Å². The molecule has 2 unspecified atom stereocenters. The molecule has 1 N–H and O–H groups in total. The van der Waals surface area contributed by atoms with Crippen molar-refractivity contribution >= 4 is 5.97 Å². The Labute approximate surface area is 100 Å². The first kappa shape index (κ1) is 12.1. The first-order valence-corrected chi connectivity index (χ1v) is 5.66. The summed E-state index contributed by atoms with van der Waals surface area (Å²) in [6, 6.07) is 6.85. The second-order valence-corrected chi connectivity index (χ2v) is 4.18. The van der Waals surface area contributed by atoms with Gasteiger partial charge in [-0.25, -0.2) is 4.79 Å². The maximum absolute atomic E-state index is 11.2. The van der Waals surface area contributed by atoms with Crippen molar-refractivity contribution in [3.63, 3.8) is 0 Å². The normalized spacial score (nSPS) is 21.2. The maximum Gasteiger partial charge on any atom is 0.337 e. The standard InChI is InChI=1S/C13H16O4/c1-16-13(15)10-4-2-9(3-5-10)12(14)11-6-7-17-8-11/h2-5,11-12,14H,6-8H2,1H3. The van der Waals surface area contributed by atoms with Gasteiger partial charge in [-0.2, -0.15) is 0 Å². The molecular formula is C13H16O4. The molecule has 0 amide bonds. The lowest BCUT2D eigenvalue weighted by Gasteiger charge is -2.16. The van der Waals surface area contributed by atoms with E-state index < -0.39 is 6.10 Å². The Bertz CT molecular complexity index is 379. The van der Waals surface area contributed by atoms with Gasteiger partial charge in [0.2, 0.25) is 0 Å². The van der Waals surface area contributed by atoms with Crippen molar-refractivity contribution in [2.75, 3.05) is 20.3 Å². The molecule has 0 bridgehead atoms. The molecule has 17 heavy (non-hydrogen) atoms. The molecule has 0 aliphatic carbocycles. The third-order valence-corrected chi connectivity index (χ3v) is 3.08. The van der Waals surface area contributed by atoms with Crippen LogP contribution in [0.1, 0.15) is 28.4 Å². The lowest BCUT2D eigenvalue weighted by Crippen LogP contribution is -2.12. The molecule has 1 fully saturated rings. The monoisotopic (exact) mass is 236 g/mol. The summed E-state index contributed by atoms with van der Waals surface area (Å²) in [5.41, 5.74) is 1.30. The fourth-order valence-electron chi connectivity index (χ4n) is 2.01. The van der Waals surface area contributed by atoms with Gasteiger partial charge in [-0.1, -0.05) is 12.1 Å². The Morgan fingerprint density at radius 3 is 2.71 bits per heavy atom. The highest BCUT2D eigenvalue weighted by molar-refractivity contribution is 5.89. The van der Waals surface area contributed by atoms with Crippen molar-refractivity contribution in [2.45, 2.75) is 12.5 Å². The van der Waals surface area contributed by atoms with E-state index >= 15 is 0 Å². The van der Waals surface area contributed by atoms with Crippen LogP contribution in [0.2, 0.25) is 0 Å². The Balaban J connectivity index is 2.09. The minimum Gasteiger partial charge on any atom is -0.465 e. The van der Waals surface area contributed by atoms with Crippen molar-refractivity contribution in [3.05, 3.63) is 35.4 Å². The number of benzene rings is 1. The van der Waals surface area contributed by atoms with Crippen molar-refractivity contribution < 1.29 is 19.4 Å². The molecule has 4 nitrogen and oxygen atoms in total. The van der Waals surface area contributed by atoms with Crippen LogP contribution in [-0.2, 0) is 9.47 Å². The fourth-order valence-corrected chi connectivity index (χ4v) is 2.01. The van der Waals surface area contributed by atoms with Crippen molar-refractivity contribution in [2.24, 2.45) is 5.92 Å². The van der Waals surface area contributed by atoms with E-state index in [0.29, 0.717) is 18.8 Å². The van der Waals surface area contributed by atoms with E-state index in [4.69, 9.17) is 4.74 Å². The highest BCUT2D eigenvalue weighted by Gasteiger charge is 2.25. The van der Waals surface area contributed by atoms with Crippen LogP contribution < -0.4 is 0 Å². The molecule has 1 aromatic rings. The Morgan fingerprint density at radius 2 is 2.18 bits per heavy atom. The zero-order valence-corrected chi connectivity index (χ0v) is 9.76. The number of aliphatic hydroxyl groups is 1. The summed E-state index contributed by atoms with van der Waals surface area (Å²) in [5.74, 6) is -0.214. The number of carbonyl (C=O) groups excluding carboxylic acids is 1. The molecule has 0 saturated carbocycles. The Hall–Kier alpha value is -1.39. The number of methoxy groups -OCH3 is 1. The second-order valence-electron chi connectivity index (χ2n) is 4.18. The van der Waals surface area contributed by atoms with E-state index in [1.165, 1.54) is 7.11 Å². The summed E-state index contributed by atoms with van der Waals surface area (Å²) < 4.78 is 9.86. The third-order valence-electron chi connectivity index (χ3n) is 3.08. The number of carbonyl (C=O) groups is 1. The number of esters is 1. The van der Waals surface area contributed by atoms with Gasteiger partial charge in [0.1, 0.15) is 0 Å². The highest BCUT2D eigenvalue weighted by Crippen LogP contribution is 2.28. The van der Waals surface area contributed by atoms with Crippen LogP contribution in [-0.4, -0.2) is 31.4 Å². The molecule has 2 rings (SSSR count). The number of aliphatic hydroxyl groups excluding tert-OH is 1. The third kappa shape index (κ3) is 2.65. The predicted octanol–water partition coefficient (Wildman–Crippen LogP) is 1.54. The first-order valence-electron chi connectivity index (χ1n) is 5.66. The van der Waals surface area contributed by atoms with Gasteiger partial charge in [-0.15, -0.1) is 0 Å². The quantitative estimate of drug-likeness (QED) is 0.809. The molecule has 0 aromatic heterocycles. The van der Waals surface area contributed by atoms with Gasteiger partial charge in [0.25, 0.3) is 0 Å². The van der Waals surface area contributed by atoms with Crippen LogP contribution in [0.25, 0.3) is 0 Å². The van der Waals surface area contributed by atoms with E-state index in [-0.39, 0.29) is 11.9 Å². The van der Waals surface area contributed by atoms with Crippen LogP contribution in [0.4, 0.5) is 0 Å². The fraction of sp³-hybridized carbons (Fsp3) is 0.462. The molecule has 2 atom stereocenters. The van der Waals surface area contributed by atoms with E-state index in [2.05, 4.69) is 4.74 Å². The van der Waals surface area contributed by atoms with Gasteiger partial charge in [-0.05, 0) is 24.1 Å². The summed E-state index contributed by atoms with van der Waals surface area (Å²) in [6.07, 6.45) is 0.351. The SMILES string of the molecule is COC(=O)c1ccc(C(O)C2CCOC2)cc1. The van der Waals surface area contributed by atoms with E-state index in [1.807, 2.05) is 0 Å². The predicted molar refractivity (Wildman–Crippen MR) is 61.7 cm³/mol. The highest BCUT2D eigenvalue weighted by atomic mass is 16.5. The number of hydrogen-bond acceptors (Lipinski definition) is 4. The van der Waals surface area contributed by atoms with Gasteiger partial charge < -0.3 is 14.6 Å². The van der Waals surface area contributed by atoms with E-state index in [9.17, 15) is 9.90 Å². The zero-order chi connectivity index (χ0) is 12.3. The van der Waals surface area contributed by atoms with E-state index in [1.54, 1.807) is 24.3 Å². The zero-order valence-electron chi connectivity index (χ0n) is 9.76. The van der Waals surface area contributed by atoms with Crippen molar-refractivity contribution in [1.29, 1.82) is 0 Å². The summed E-state index contributed by atoms with van der Waals surface area (Å²) in [6.45, 7) is 1.31. The van der Waals surface area contributed by atoms with Gasteiger partial charge >= 0.3 is 5.97 Å². The molecule has 0 spiro atoms. The minimum atomic E-state index is -0.524. The maximum atomic E-state index is 11.2. The lowest BCUT2D eigenvalue weighted by atomic mass is 9.94. The topological polar surface area (TPSA) is 55.8 Å². The molecule has 1 aliphatic heterocycles. The number of ether oxygens (including phenoxy) is 2. The second kappa shape index (κ2) is 5.29. The Kier molecular flexibility index (Phi) is 3.76. The van der Waals surface area contributed by atoms with Gasteiger partial charge in [-0.3, -0.25) is 0 Å². The molecule has 92 valence electrons. The van der Waals surface area contributed by atoms with Crippen LogP contribution in [0.3, 0.4) is 0 Å². The summed E-state index contributed by atoms with van der Waals surface area (Å²) in [5, 5.41) is 10.1. The minimum absolute atomic E-state index is 0.152. The number of hydrogen-bond donors (Lipinski definition) is 1. The van der Waals surface area contributed by atoms with Crippen LogP contribution >= 0.6 is 0 Å². The molecule has 1 saturated heterocycles. The molecule has 4 heteroatoms. The first-order chi connectivity index (χ1) is 8.22. The summed E-state index contributed by atoms with van der Waals surface area (Å²) >= 11 is 0. The largest absolute Gasteiger partial charge is 0.465 e.